The monoisotopic (exact) mass is 347 g/mol. The zero-order chi connectivity index (χ0) is 16.7. The van der Waals surface area contributed by atoms with Crippen molar-refractivity contribution in [2.75, 3.05) is 33.5 Å². The first-order valence-electron chi connectivity index (χ1n) is 7.55. The van der Waals surface area contributed by atoms with Gasteiger partial charge < -0.3 is 14.2 Å². The lowest BCUT2D eigenvalue weighted by Crippen LogP contribution is -2.26. The summed E-state index contributed by atoms with van der Waals surface area (Å²) in [5.41, 5.74) is 0. The molecule has 0 saturated carbocycles. The zero-order valence-electron chi connectivity index (χ0n) is 13.1. The molecule has 0 aromatic heterocycles. The van der Waals surface area contributed by atoms with E-state index in [0.717, 1.165) is 25.5 Å². The minimum atomic E-state index is -3.74. The Kier molecular flexibility index (Phi) is 6.76. The first kappa shape index (κ1) is 18.1. The Balaban J connectivity index is 1.72. The average Bonchev–Trinajstić information content (AvgIpc) is 3.04. The minimum Gasteiger partial charge on any atom is -0.494 e. The lowest BCUT2D eigenvalue weighted by atomic mass is 10.2. The third-order valence-corrected chi connectivity index (χ3v) is 4.98. The van der Waals surface area contributed by atoms with Gasteiger partial charge in [0.15, 0.2) is 11.6 Å². The summed E-state index contributed by atoms with van der Waals surface area (Å²) < 4.78 is 55.7. The summed E-state index contributed by atoms with van der Waals surface area (Å²) in [6.07, 6.45) is 2.76. The standard InChI is InChI=1S/C15H22FNO5S/c1-20-15-6-5-13(10-14(15)16)23(18,19)17-7-3-8-21-11-12-4-2-9-22-12/h5-6,10,12,17H,2-4,7-9,11H2,1H3/t12-/m0/s1. The van der Waals surface area contributed by atoms with Crippen molar-refractivity contribution < 1.29 is 27.0 Å². The number of methoxy groups -OCH3 is 1. The molecule has 1 heterocycles. The van der Waals surface area contributed by atoms with Gasteiger partial charge in [0.05, 0.1) is 24.7 Å². The summed E-state index contributed by atoms with van der Waals surface area (Å²) >= 11 is 0. The lowest BCUT2D eigenvalue weighted by Gasteiger charge is -2.11. The van der Waals surface area contributed by atoms with Gasteiger partial charge in [-0.2, -0.15) is 0 Å². The van der Waals surface area contributed by atoms with Crippen molar-refractivity contribution in [1.29, 1.82) is 0 Å². The van der Waals surface area contributed by atoms with Crippen LogP contribution in [0.5, 0.6) is 5.75 Å². The fourth-order valence-electron chi connectivity index (χ4n) is 2.27. The van der Waals surface area contributed by atoms with E-state index in [9.17, 15) is 12.8 Å². The van der Waals surface area contributed by atoms with Crippen LogP contribution in [0.4, 0.5) is 4.39 Å². The Morgan fingerprint density at radius 2 is 2.26 bits per heavy atom. The molecular weight excluding hydrogens is 325 g/mol. The highest BCUT2D eigenvalue weighted by Crippen LogP contribution is 2.20. The molecule has 23 heavy (non-hydrogen) atoms. The molecule has 0 spiro atoms. The van der Waals surface area contributed by atoms with Gasteiger partial charge in [-0.1, -0.05) is 0 Å². The maximum atomic E-state index is 13.6. The second-order valence-corrected chi connectivity index (χ2v) is 7.02. The van der Waals surface area contributed by atoms with Gasteiger partial charge in [-0.15, -0.1) is 0 Å². The molecule has 0 amide bonds. The van der Waals surface area contributed by atoms with Gasteiger partial charge in [0, 0.05) is 19.8 Å². The van der Waals surface area contributed by atoms with E-state index in [0.29, 0.717) is 19.6 Å². The zero-order valence-corrected chi connectivity index (χ0v) is 13.9. The molecule has 1 aliphatic rings. The van der Waals surface area contributed by atoms with Crippen molar-refractivity contribution in [1.82, 2.24) is 4.72 Å². The molecule has 0 radical (unpaired) electrons. The largest absolute Gasteiger partial charge is 0.494 e. The van der Waals surface area contributed by atoms with Gasteiger partial charge in [-0.3, -0.25) is 0 Å². The van der Waals surface area contributed by atoms with E-state index < -0.39 is 15.8 Å². The van der Waals surface area contributed by atoms with Crippen molar-refractivity contribution >= 4 is 10.0 Å². The van der Waals surface area contributed by atoms with Gasteiger partial charge >= 0.3 is 0 Å². The van der Waals surface area contributed by atoms with Crippen LogP contribution in [0.25, 0.3) is 0 Å². The average molecular weight is 347 g/mol. The smallest absolute Gasteiger partial charge is 0.240 e. The van der Waals surface area contributed by atoms with E-state index in [4.69, 9.17) is 14.2 Å². The molecule has 0 bridgehead atoms. The van der Waals surface area contributed by atoms with Crippen LogP contribution in [-0.4, -0.2) is 48.0 Å². The number of benzene rings is 1. The molecule has 8 heteroatoms. The number of ether oxygens (including phenoxy) is 3. The van der Waals surface area contributed by atoms with Crippen LogP contribution in [0.15, 0.2) is 23.1 Å². The molecule has 1 N–H and O–H groups in total. The summed E-state index contributed by atoms with van der Waals surface area (Å²) in [5, 5.41) is 0. The molecule has 130 valence electrons. The van der Waals surface area contributed by atoms with E-state index in [-0.39, 0.29) is 23.3 Å². The van der Waals surface area contributed by atoms with Crippen molar-refractivity contribution in [2.24, 2.45) is 0 Å². The predicted octanol–water partition coefficient (Wildman–Crippen LogP) is 1.70. The molecule has 1 fully saturated rings. The van der Waals surface area contributed by atoms with Gasteiger partial charge in [-0.25, -0.2) is 17.5 Å². The van der Waals surface area contributed by atoms with Crippen molar-refractivity contribution in [3.8, 4) is 5.75 Å². The minimum absolute atomic E-state index is 0.00600. The molecule has 1 atom stereocenters. The molecule has 6 nitrogen and oxygen atoms in total. The molecular formula is C15H22FNO5S. The topological polar surface area (TPSA) is 73.9 Å². The van der Waals surface area contributed by atoms with Crippen LogP contribution < -0.4 is 9.46 Å². The highest BCUT2D eigenvalue weighted by Gasteiger charge is 2.17. The molecule has 2 rings (SSSR count). The maximum absolute atomic E-state index is 13.6. The summed E-state index contributed by atoms with van der Waals surface area (Å²) in [5.74, 6) is -0.707. The highest BCUT2D eigenvalue weighted by atomic mass is 32.2. The number of halogens is 1. The number of hydrogen-bond donors (Lipinski definition) is 1. The quantitative estimate of drug-likeness (QED) is 0.688. The number of rotatable bonds is 9. The van der Waals surface area contributed by atoms with Gasteiger partial charge in [0.25, 0.3) is 0 Å². The molecule has 1 aromatic rings. The fourth-order valence-corrected chi connectivity index (χ4v) is 3.35. The van der Waals surface area contributed by atoms with Gasteiger partial charge in [0.1, 0.15) is 0 Å². The van der Waals surface area contributed by atoms with Gasteiger partial charge in [-0.05, 0) is 37.5 Å². The summed E-state index contributed by atoms with van der Waals surface area (Å²) in [6.45, 7) is 1.99. The Bertz CT molecular complexity index is 602. The Morgan fingerprint density at radius 1 is 1.43 bits per heavy atom. The van der Waals surface area contributed by atoms with Crippen molar-refractivity contribution in [2.45, 2.75) is 30.3 Å². The second-order valence-electron chi connectivity index (χ2n) is 5.26. The Morgan fingerprint density at radius 3 is 2.91 bits per heavy atom. The first-order chi connectivity index (χ1) is 11.0. The molecule has 1 saturated heterocycles. The molecule has 0 aliphatic carbocycles. The molecule has 1 aliphatic heterocycles. The fraction of sp³-hybridized carbons (Fsp3) is 0.600. The number of sulfonamides is 1. The highest BCUT2D eigenvalue weighted by molar-refractivity contribution is 7.89. The van der Waals surface area contributed by atoms with E-state index in [1.165, 1.54) is 19.2 Å². The summed E-state index contributed by atoms with van der Waals surface area (Å²) in [4.78, 5) is -0.129. The van der Waals surface area contributed by atoms with E-state index in [1.54, 1.807) is 0 Å². The van der Waals surface area contributed by atoms with Crippen LogP contribution in [0.3, 0.4) is 0 Å². The van der Waals surface area contributed by atoms with Crippen LogP contribution in [0.1, 0.15) is 19.3 Å². The van der Waals surface area contributed by atoms with Gasteiger partial charge in [0.2, 0.25) is 10.0 Å². The van der Waals surface area contributed by atoms with Crippen molar-refractivity contribution in [3.05, 3.63) is 24.0 Å². The van der Waals surface area contributed by atoms with E-state index in [1.807, 2.05) is 0 Å². The van der Waals surface area contributed by atoms with Crippen LogP contribution >= 0.6 is 0 Å². The third kappa shape index (κ3) is 5.42. The van der Waals surface area contributed by atoms with E-state index >= 15 is 0 Å². The first-order valence-corrected chi connectivity index (χ1v) is 9.04. The van der Waals surface area contributed by atoms with Crippen LogP contribution in [0, 0.1) is 5.82 Å². The SMILES string of the molecule is COc1ccc(S(=O)(=O)NCCCOC[C@@H]2CCCO2)cc1F. The maximum Gasteiger partial charge on any atom is 0.240 e. The third-order valence-electron chi connectivity index (χ3n) is 3.52. The molecule has 0 unspecified atom stereocenters. The van der Waals surface area contributed by atoms with Crippen molar-refractivity contribution in [3.63, 3.8) is 0 Å². The second kappa shape index (κ2) is 8.58. The van der Waals surface area contributed by atoms with E-state index in [2.05, 4.69) is 4.72 Å². The summed E-state index contributed by atoms with van der Waals surface area (Å²) in [7, 11) is -2.42. The number of hydrogen-bond acceptors (Lipinski definition) is 5. The lowest BCUT2D eigenvalue weighted by molar-refractivity contribution is 0.0169. The molecule has 1 aromatic carbocycles. The normalized spacial score (nSPS) is 18.3. The Hall–Kier alpha value is -1.22. The summed E-state index contributed by atoms with van der Waals surface area (Å²) in [6, 6.07) is 3.53. The Labute approximate surface area is 136 Å². The predicted molar refractivity (Wildman–Crippen MR) is 82.6 cm³/mol. The van der Waals surface area contributed by atoms with Crippen LogP contribution in [0.2, 0.25) is 0 Å². The van der Waals surface area contributed by atoms with Crippen LogP contribution in [-0.2, 0) is 19.5 Å². The number of nitrogens with one attached hydrogen (secondary N) is 1.